The number of nitrogens with zero attached hydrogens (tertiary/aromatic N) is 1. The number of aromatic nitrogens is 1. The molecule has 1 aromatic carbocycles. The molecule has 1 aromatic heterocycles. The van der Waals surface area contributed by atoms with Crippen LogP contribution >= 0.6 is 15.9 Å². The SMILES string of the molecule is CCc1ccc2onc(CCBr)c2c1. The minimum absolute atomic E-state index is 0.887. The van der Waals surface area contributed by atoms with Crippen molar-refractivity contribution in [2.45, 2.75) is 19.8 Å². The fraction of sp³-hybridized carbons (Fsp3) is 0.364. The number of halogens is 1. The maximum atomic E-state index is 5.23. The highest BCUT2D eigenvalue weighted by Crippen LogP contribution is 2.21. The largest absolute Gasteiger partial charge is 0.356 e. The fourth-order valence-electron chi connectivity index (χ4n) is 1.53. The monoisotopic (exact) mass is 253 g/mol. The average Bonchev–Trinajstić information content (AvgIpc) is 2.61. The zero-order valence-electron chi connectivity index (χ0n) is 8.09. The van der Waals surface area contributed by atoms with Crippen molar-refractivity contribution in [3.05, 3.63) is 29.5 Å². The molecule has 0 aliphatic heterocycles. The van der Waals surface area contributed by atoms with Gasteiger partial charge in [-0.2, -0.15) is 0 Å². The van der Waals surface area contributed by atoms with Gasteiger partial charge in [0.05, 0.1) is 5.69 Å². The van der Waals surface area contributed by atoms with E-state index in [9.17, 15) is 0 Å². The van der Waals surface area contributed by atoms with Gasteiger partial charge in [-0.3, -0.25) is 0 Å². The molecule has 0 spiro atoms. The van der Waals surface area contributed by atoms with Crippen molar-refractivity contribution in [2.24, 2.45) is 0 Å². The van der Waals surface area contributed by atoms with Crippen molar-refractivity contribution >= 4 is 26.9 Å². The molecule has 0 saturated heterocycles. The van der Waals surface area contributed by atoms with Gasteiger partial charge >= 0.3 is 0 Å². The summed E-state index contributed by atoms with van der Waals surface area (Å²) < 4.78 is 5.23. The molecule has 0 aliphatic rings. The first-order valence-electron chi connectivity index (χ1n) is 4.78. The molecule has 0 unspecified atom stereocenters. The summed E-state index contributed by atoms with van der Waals surface area (Å²) >= 11 is 3.41. The summed E-state index contributed by atoms with van der Waals surface area (Å²) in [4.78, 5) is 0. The van der Waals surface area contributed by atoms with Gasteiger partial charge in [0.25, 0.3) is 0 Å². The Kier molecular flexibility index (Phi) is 2.87. The van der Waals surface area contributed by atoms with Crippen LogP contribution in [0.15, 0.2) is 22.7 Å². The third kappa shape index (κ3) is 1.69. The molecular formula is C11H12BrNO. The van der Waals surface area contributed by atoms with E-state index in [2.05, 4.69) is 40.1 Å². The molecular weight excluding hydrogens is 242 g/mol. The van der Waals surface area contributed by atoms with Crippen molar-refractivity contribution in [3.8, 4) is 0 Å². The Bertz CT molecular complexity index is 436. The summed E-state index contributed by atoms with van der Waals surface area (Å²) in [5, 5.41) is 6.13. The van der Waals surface area contributed by atoms with E-state index in [1.807, 2.05) is 6.07 Å². The summed E-state index contributed by atoms with van der Waals surface area (Å²) in [5.74, 6) is 0. The molecule has 0 N–H and O–H groups in total. The number of benzene rings is 1. The first kappa shape index (κ1) is 9.71. The standard InChI is InChI=1S/C11H12BrNO/c1-2-8-3-4-11-9(7-8)10(5-6-12)13-14-11/h3-4,7H,2,5-6H2,1H3. The number of hydrogen-bond donors (Lipinski definition) is 0. The first-order valence-corrected chi connectivity index (χ1v) is 5.90. The van der Waals surface area contributed by atoms with Gasteiger partial charge < -0.3 is 4.52 Å². The molecule has 0 fully saturated rings. The molecule has 0 aliphatic carbocycles. The van der Waals surface area contributed by atoms with Gasteiger partial charge in [0.15, 0.2) is 5.58 Å². The van der Waals surface area contributed by atoms with Crippen LogP contribution in [0.2, 0.25) is 0 Å². The maximum Gasteiger partial charge on any atom is 0.167 e. The van der Waals surface area contributed by atoms with Crippen molar-refractivity contribution < 1.29 is 4.52 Å². The van der Waals surface area contributed by atoms with Crippen LogP contribution in [0.4, 0.5) is 0 Å². The van der Waals surface area contributed by atoms with Crippen LogP contribution in [0.3, 0.4) is 0 Å². The molecule has 0 saturated carbocycles. The van der Waals surface area contributed by atoms with E-state index in [0.717, 1.165) is 34.8 Å². The second-order valence-electron chi connectivity index (χ2n) is 3.25. The van der Waals surface area contributed by atoms with Crippen LogP contribution in [0.1, 0.15) is 18.2 Å². The lowest BCUT2D eigenvalue weighted by Gasteiger charge is -1.95. The van der Waals surface area contributed by atoms with E-state index in [4.69, 9.17) is 4.52 Å². The smallest absolute Gasteiger partial charge is 0.167 e. The predicted octanol–water partition coefficient (Wildman–Crippen LogP) is 3.33. The Labute approximate surface area is 91.4 Å². The van der Waals surface area contributed by atoms with Crippen molar-refractivity contribution in [3.63, 3.8) is 0 Å². The molecule has 0 radical (unpaired) electrons. The molecule has 74 valence electrons. The van der Waals surface area contributed by atoms with Gasteiger partial charge in [0, 0.05) is 17.1 Å². The van der Waals surface area contributed by atoms with Crippen LogP contribution in [-0.4, -0.2) is 10.5 Å². The summed E-state index contributed by atoms with van der Waals surface area (Å²) in [6, 6.07) is 6.26. The van der Waals surface area contributed by atoms with Gasteiger partial charge in [-0.1, -0.05) is 34.1 Å². The van der Waals surface area contributed by atoms with E-state index >= 15 is 0 Å². The number of aryl methyl sites for hydroxylation is 2. The predicted molar refractivity (Wildman–Crippen MR) is 60.9 cm³/mol. The average molecular weight is 254 g/mol. The summed E-state index contributed by atoms with van der Waals surface area (Å²) in [5.41, 5.74) is 3.27. The number of fused-ring (bicyclic) bond motifs is 1. The lowest BCUT2D eigenvalue weighted by molar-refractivity contribution is 0.447. The molecule has 2 nitrogen and oxygen atoms in total. The van der Waals surface area contributed by atoms with E-state index in [1.54, 1.807) is 0 Å². The molecule has 0 bridgehead atoms. The van der Waals surface area contributed by atoms with E-state index < -0.39 is 0 Å². The third-order valence-corrected chi connectivity index (χ3v) is 2.75. The Morgan fingerprint density at radius 2 is 2.29 bits per heavy atom. The fourth-order valence-corrected chi connectivity index (χ4v) is 1.90. The van der Waals surface area contributed by atoms with Crippen LogP contribution < -0.4 is 0 Å². The van der Waals surface area contributed by atoms with Gasteiger partial charge in [-0.25, -0.2) is 0 Å². The van der Waals surface area contributed by atoms with E-state index in [0.29, 0.717) is 0 Å². The highest BCUT2D eigenvalue weighted by atomic mass is 79.9. The molecule has 2 aromatic rings. The number of hydrogen-bond acceptors (Lipinski definition) is 2. The van der Waals surface area contributed by atoms with Gasteiger partial charge in [-0.15, -0.1) is 0 Å². The van der Waals surface area contributed by atoms with Crippen molar-refractivity contribution in [2.75, 3.05) is 5.33 Å². The molecule has 0 atom stereocenters. The lowest BCUT2D eigenvalue weighted by Crippen LogP contribution is -1.86. The molecule has 3 heteroatoms. The second kappa shape index (κ2) is 4.13. The molecule has 1 heterocycles. The first-order chi connectivity index (χ1) is 6.85. The summed E-state index contributed by atoms with van der Waals surface area (Å²) in [6.45, 7) is 2.15. The van der Waals surface area contributed by atoms with Crippen LogP contribution in [0.5, 0.6) is 0 Å². The Morgan fingerprint density at radius 3 is 3.00 bits per heavy atom. The zero-order valence-corrected chi connectivity index (χ0v) is 9.67. The van der Waals surface area contributed by atoms with Gasteiger partial charge in [0.2, 0.25) is 0 Å². The minimum Gasteiger partial charge on any atom is -0.356 e. The topological polar surface area (TPSA) is 26.0 Å². The van der Waals surface area contributed by atoms with Gasteiger partial charge in [0.1, 0.15) is 0 Å². The quantitative estimate of drug-likeness (QED) is 0.785. The second-order valence-corrected chi connectivity index (χ2v) is 4.05. The molecule has 2 rings (SSSR count). The molecule has 14 heavy (non-hydrogen) atoms. The molecule has 0 amide bonds. The minimum atomic E-state index is 0.887. The highest BCUT2D eigenvalue weighted by Gasteiger charge is 2.07. The number of rotatable bonds is 3. The van der Waals surface area contributed by atoms with Gasteiger partial charge in [-0.05, 0) is 24.1 Å². The lowest BCUT2D eigenvalue weighted by atomic mass is 10.1. The van der Waals surface area contributed by atoms with Crippen molar-refractivity contribution in [1.82, 2.24) is 5.16 Å². The Balaban J connectivity index is 2.52. The van der Waals surface area contributed by atoms with E-state index in [-0.39, 0.29) is 0 Å². The number of alkyl halides is 1. The van der Waals surface area contributed by atoms with Crippen LogP contribution in [0.25, 0.3) is 11.0 Å². The van der Waals surface area contributed by atoms with E-state index in [1.165, 1.54) is 5.56 Å². The van der Waals surface area contributed by atoms with Crippen LogP contribution in [0, 0.1) is 0 Å². The summed E-state index contributed by atoms with van der Waals surface area (Å²) in [6.07, 6.45) is 1.97. The third-order valence-electron chi connectivity index (χ3n) is 2.35. The highest BCUT2D eigenvalue weighted by molar-refractivity contribution is 9.09. The van der Waals surface area contributed by atoms with Crippen LogP contribution in [-0.2, 0) is 12.8 Å². The normalized spacial score (nSPS) is 11.0. The maximum absolute atomic E-state index is 5.23. The Morgan fingerprint density at radius 1 is 1.43 bits per heavy atom. The zero-order chi connectivity index (χ0) is 9.97. The van der Waals surface area contributed by atoms with Crippen molar-refractivity contribution in [1.29, 1.82) is 0 Å². The summed E-state index contributed by atoms with van der Waals surface area (Å²) in [7, 11) is 0. The Hall–Kier alpha value is -0.830.